The molecule has 1 amide bonds. The summed E-state index contributed by atoms with van der Waals surface area (Å²) in [5.41, 5.74) is 6.65. The van der Waals surface area contributed by atoms with Gasteiger partial charge in [-0.15, -0.1) is 12.4 Å². The molecule has 5 nitrogen and oxygen atoms in total. The van der Waals surface area contributed by atoms with Gasteiger partial charge in [-0.3, -0.25) is 9.69 Å². The van der Waals surface area contributed by atoms with Gasteiger partial charge in [0.2, 0.25) is 5.91 Å². The first kappa shape index (κ1) is 18.7. The molecule has 0 aromatic heterocycles. The summed E-state index contributed by atoms with van der Waals surface area (Å²) in [6, 6.07) is 7.26. The molecule has 0 saturated carbocycles. The first-order valence-electron chi connectivity index (χ1n) is 7.37. The Hall–Kier alpha value is -1.30. The molecule has 1 fully saturated rings. The minimum absolute atomic E-state index is 0. The maximum absolute atomic E-state index is 12.4. The van der Waals surface area contributed by atoms with Crippen LogP contribution in [0, 0.1) is 5.41 Å². The Morgan fingerprint density at radius 1 is 1.50 bits per heavy atom. The zero-order valence-corrected chi connectivity index (χ0v) is 14.3. The average molecular weight is 328 g/mol. The third-order valence-electron chi connectivity index (χ3n) is 4.37. The van der Waals surface area contributed by atoms with Crippen molar-refractivity contribution in [3.8, 4) is 5.75 Å². The van der Waals surface area contributed by atoms with Gasteiger partial charge in [0.05, 0.1) is 18.8 Å². The smallest absolute Gasteiger partial charge is 0.241 e. The fraction of sp³-hybridized carbons (Fsp3) is 0.562. The van der Waals surface area contributed by atoms with E-state index in [1.807, 2.05) is 31.2 Å². The van der Waals surface area contributed by atoms with Crippen molar-refractivity contribution in [3.63, 3.8) is 0 Å². The summed E-state index contributed by atoms with van der Waals surface area (Å²) < 4.78 is 5.26. The maximum atomic E-state index is 12.4. The number of nitrogens with two attached hydrogens (primary N) is 1. The molecule has 1 aliphatic rings. The number of nitrogens with zero attached hydrogens (tertiary/aromatic N) is 1. The van der Waals surface area contributed by atoms with E-state index in [0.717, 1.165) is 19.5 Å². The molecule has 3 N–H and O–H groups in total. The third-order valence-corrected chi connectivity index (χ3v) is 4.37. The van der Waals surface area contributed by atoms with Crippen molar-refractivity contribution in [3.05, 3.63) is 24.3 Å². The number of nitrogens with one attached hydrogen (secondary N) is 1. The van der Waals surface area contributed by atoms with E-state index in [4.69, 9.17) is 10.5 Å². The minimum Gasteiger partial charge on any atom is -0.495 e. The number of anilines is 1. The number of hydrogen-bond acceptors (Lipinski definition) is 4. The van der Waals surface area contributed by atoms with Gasteiger partial charge >= 0.3 is 0 Å². The van der Waals surface area contributed by atoms with Crippen LogP contribution in [0.5, 0.6) is 5.75 Å². The number of ether oxygens (including phenoxy) is 1. The van der Waals surface area contributed by atoms with Crippen molar-refractivity contribution in [1.82, 2.24) is 4.90 Å². The second-order valence-corrected chi connectivity index (χ2v) is 6.10. The summed E-state index contributed by atoms with van der Waals surface area (Å²) >= 11 is 0. The number of likely N-dealkylation sites (tertiary alicyclic amines) is 1. The molecule has 22 heavy (non-hydrogen) atoms. The van der Waals surface area contributed by atoms with Crippen LogP contribution in [0.4, 0.5) is 5.69 Å². The lowest BCUT2D eigenvalue weighted by Gasteiger charge is -2.26. The Balaban J connectivity index is 0.00000242. The number of benzene rings is 1. The van der Waals surface area contributed by atoms with Gasteiger partial charge in [0.1, 0.15) is 5.75 Å². The fourth-order valence-electron chi connectivity index (χ4n) is 2.71. The van der Waals surface area contributed by atoms with Crippen molar-refractivity contribution in [2.24, 2.45) is 11.1 Å². The molecule has 0 radical (unpaired) electrons. The third kappa shape index (κ3) is 4.12. The predicted molar refractivity (Wildman–Crippen MR) is 91.7 cm³/mol. The highest BCUT2D eigenvalue weighted by atomic mass is 35.5. The van der Waals surface area contributed by atoms with Crippen LogP contribution in [0.1, 0.15) is 20.3 Å². The number of carbonyl (C=O) groups is 1. The topological polar surface area (TPSA) is 67.6 Å². The fourth-order valence-corrected chi connectivity index (χ4v) is 2.71. The molecule has 2 atom stereocenters. The summed E-state index contributed by atoms with van der Waals surface area (Å²) in [4.78, 5) is 14.6. The molecule has 1 saturated heterocycles. The number of hydrogen-bond donors (Lipinski definition) is 2. The number of para-hydroxylation sites is 2. The standard InChI is InChI=1S/C16H25N3O2.ClH/c1-12(19-9-8-16(2,10-17)11-19)15(20)18-13-6-4-5-7-14(13)21-3;/h4-7,12H,8-11,17H2,1-3H3,(H,18,20);1H. The maximum Gasteiger partial charge on any atom is 0.241 e. The van der Waals surface area contributed by atoms with Gasteiger partial charge in [-0.1, -0.05) is 19.1 Å². The van der Waals surface area contributed by atoms with E-state index < -0.39 is 0 Å². The molecular weight excluding hydrogens is 302 g/mol. The monoisotopic (exact) mass is 327 g/mol. The molecule has 1 aromatic carbocycles. The van der Waals surface area contributed by atoms with Gasteiger partial charge in [-0.25, -0.2) is 0 Å². The van der Waals surface area contributed by atoms with Crippen LogP contribution in [0.2, 0.25) is 0 Å². The molecule has 0 bridgehead atoms. The Bertz CT molecular complexity index is 512. The van der Waals surface area contributed by atoms with E-state index in [1.165, 1.54) is 0 Å². The van der Waals surface area contributed by atoms with Crippen molar-refractivity contribution in [1.29, 1.82) is 0 Å². The van der Waals surface area contributed by atoms with Gasteiger partial charge < -0.3 is 15.8 Å². The molecule has 0 aliphatic carbocycles. The summed E-state index contributed by atoms with van der Waals surface area (Å²) in [5, 5.41) is 2.95. The molecule has 6 heteroatoms. The summed E-state index contributed by atoms with van der Waals surface area (Å²) in [5.74, 6) is 0.659. The first-order valence-corrected chi connectivity index (χ1v) is 7.37. The van der Waals surface area contributed by atoms with E-state index in [1.54, 1.807) is 7.11 Å². The zero-order chi connectivity index (χ0) is 15.5. The Morgan fingerprint density at radius 3 is 2.77 bits per heavy atom. The number of halogens is 1. The van der Waals surface area contributed by atoms with Crippen molar-refractivity contribution in [2.45, 2.75) is 26.3 Å². The van der Waals surface area contributed by atoms with Gasteiger partial charge in [-0.2, -0.15) is 0 Å². The second-order valence-electron chi connectivity index (χ2n) is 6.10. The van der Waals surface area contributed by atoms with Crippen molar-refractivity contribution in [2.75, 3.05) is 32.1 Å². The van der Waals surface area contributed by atoms with Crippen LogP contribution in [-0.4, -0.2) is 43.6 Å². The van der Waals surface area contributed by atoms with E-state index in [2.05, 4.69) is 17.1 Å². The van der Waals surface area contributed by atoms with Crippen LogP contribution >= 0.6 is 12.4 Å². The highest BCUT2D eigenvalue weighted by Gasteiger charge is 2.36. The second kappa shape index (κ2) is 7.81. The molecule has 124 valence electrons. The number of methoxy groups -OCH3 is 1. The van der Waals surface area contributed by atoms with Crippen LogP contribution < -0.4 is 15.8 Å². The summed E-state index contributed by atoms with van der Waals surface area (Å²) in [6.07, 6.45) is 1.04. The molecule has 1 aromatic rings. The first-order chi connectivity index (χ1) is 9.99. The number of rotatable bonds is 5. The SMILES string of the molecule is COc1ccccc1NC(=O)C(C)N1CCC(C)(CN)C1.Cl. The summed E-state index contributed by atoms with van der Waals surface area (Å²) in [6.45, 7) is 6.55. The van der Waals surface area contributed by atoms with Crippen LogP contribution in [-0.2, 0) is 4.79 Å². The molecular formula is C16H26ClN3O2. The molecule has 2 rings (SSSR count). The van der Waals surface area contributed by atoms with Crippen LogP contribution in [0.15, 0.2) is 24.3 Å². The Kier molecular flexibility index (Phi) is 6.66. The lowest BCUT2D eigenvalue weighted by Crippen LogP contribution is -2.42. The van der Waals surface area contributed by atoms with E-state index in [-0.39, 0.29) is 29.8 Å². The average Bonchev–Trinajstić information content (AvgIpc) is 2.90. The molecule has 1 aliphatic heterocycles. The molecule has 2 unspecified atom stereocenters. The van der Waals surface area contributed by atoms with Crippen molar-refractivity contribution < 1.29 is 9.53 Å². The lowest BCUT2D eigenvalue weighted by molar-refractivity contribution is -0.120. The van der Waals surface area contributed by atoms with Gasteiger partial charge in [0, 0.05) is 6.54 Å². The molecule has 0 spiro atoms. The quantitative estimate of drug-likeness (QED) is 0.869. The number of amides is 1. The van der Waals surface area contributed by atoms with E-state index in [9.17, 15) is 4.79 Å². The highest BCUT2D eigenvalue weighted by Crippen LogP contribution is 2.30. The van der Waals surface area contributed by atoms with Crippen LogP contribution in [0.3, 0.4) is 0 Å². The molecule has 1 heterocycles. The van der Waals surface area contributed by atoms with Gasteiger partial charge in [0.15, 0.2) is 0 Å². The van der Waals surface area contributed by atoms with Gasteiger partial charge in [-0.05, 0) is 44.0 Å². The Morgan fingerprint density at radius 2 is 2.18 bits per heavy atom. The highest BCUT2D eigenvalue weighted by molar-refractivity contribution is 5.95. The van der Waals surface area contributed by atoms with E-state index >= 15 is 0 Å². The number of carbonyl (C=O) groups excluding carboxylic acids is 1. The largest absolute Gasteiger partial charge is 0.495 e. The van der Waals surface area contributed by atoms with Crippen LogP contribution in [0.25, 0.3) is 0 Å². The normalized spacial score (nSPS) is 22.7. The predicted octanol–water partition coefficient (Wildman–Crippen LogP) is 2.11. The van der Waals surface area contributed by atoms with E-state index in [0.29, 0.717) is 18.0 Å². The lowest BCUT2D eigenvalue weighted by atomic mass is 9.90. The minimum atomic E-state index is -0.178. The van der Waals surface area contributed by atoms with Gasteiger partial charge in [0.25, 0.3) is 0 Å². The Labute approximate surface area is 138 Å². The summed E-state index contributed by atoms with van der Waals surface area (Å²) in [7, 11) is 1.60. The zero-order valence-electron chi connectivity index (χ0n) is 13.5. The van der Waals surface area contributed by atoms with Crippen molar-refractivity contribution >= 4 is 24.0 Å².